The molecule has 17 heavy (non-hydrogen) atoms. The van der Waals surface area contributed by atoms with Crippen LogP contribution >= 0.6 is 0 Å². The fraction of sp³-hybridized carbons (Fsp3) is 0.455. The normalized spacial score (nSPS) is 17.1. The van der Waals surface area contributed by atoms with E-state index in [0.29, 0.717) is 17.4 Å². The lowest BCUT2D eigenvalue weighted by molar-refractivity contribution is 0.374. The maximum atomic E-state index is 12.8. The van der Waals surface area contributed by atoms with E-state index in [-0.39, 0.29) is 0 Å². The van der Waals surface area contributed by atoms with Gasteiger partial charge in [-0.15, -0.1) is 5.10 Å². The molecule has 5 nitrogen and oxygen atoms in total. The summed E-state index contributed by atoms with van der Waals surface area (Å²) in [5.41, 5.74) is 0.833. The summed E-state index contributed by atoms with van der Waals surface area (Å²) in [6.45, 7) is 1.41. The van der Waals surface area contributed by atoms with E-state index in [0.717, 1.165) is 18.5 Å². The van der Waals surface area contributed by atoms with E-state index in [1.165, 1.54) is 0 Å². The summed E-state index contributed by atoms with van der Waals surface area (Å²) in [6.07, 6.45) is 1.56. The smallest absolute Gasteiger partial charge is 0.278 e. The molecule has 0 atom stereocenters. The van der Waals surface area contributed by atoms with Gasteiger partial charge in [-0.05, 0) is 31.9 Å². The minimum absolute atomic E-state index is 0.298. The van der Waals surface area contributed by atoms with Crippen LogP contribution in [0.5, 0.6) is 0 Å². The Labute approximate surface area is 97.1 Å². The van der Waals surface area contributed by atoms with Crippen LogP contribution in [0, 0.1) is 6.92 Å². The molecule has 6 heteroatoms. The molecule has 0 radical (unpaired) electrons. The van der Waals surface area contributed by atoms with Gasteiger partial charge in [-0.1, -0.05) is 5.16 Å². The van der Waals surface area contributed by atoms with Crippen LogP contribution in [-0.4, -0.2) is 27.0 Å². The van der Waals surface area contributed by atoms with Crippen LogP contribution in [-0.2, 0) is 5.41 Å². The van der Waals surface area contributed by atoms with Crippen LogP contribution in [0.1, 0.15) is 24.4 Å². The second-order valence-electron chi connectivity index (χ2n) is 4.40. The molecule has 0 amide bonds. The highest BCUT2D eigenvalue weighted by Crippen LogP contribution is 2.47. The van der Waals surface area contributed by atoms with Gasteiger partial charge in [0.1, 0.15) is 6.67 Å². The largest absolute Gasteiger partial charge is 0.332 e. The molecule has 0 saturated heterocycles. The molecular formula is C11H11FN4O. The predicted octanol–water partition coefficient (Wildman–Crippen LogP) is 1.84. The maximum Gasteiger partial charge on any atom is 0.278 e. The molecule has 2 aromatic heterocycles. The summed E-state index contributed by atoms with van der Waals surface area (Å²) in [7, 11) is 0. The standard InChI is InChI=1S/C11H11FN4O/c1-7-2-3-8(15-14-7)9-13-10(16-17-9)11(6-12)4-5-11/h2-3H,4-6H2,1H3. The molecule has 1 aliphatic rings. The van der Waals surface area contributed by atoms with E-state index in [1.807, 2.05) is 13.0 Å². The summed E-state index contributed by atoms with van der Waals surface area (Å²) in [5, 5.41) is 11.7. The van der Waals surface area contributed by atoms with Crippen LogP contribution in [0.15, 0.2) is 16.7 Å². The van der Waals surface area contributed by atoms with Gasteiger partial charge >= 0.3 is 0 Å². The first kappa shape index (κ1) is 10.3. The molecule has 0 unspecified atom stereocenters. The summed E-state index contributed by atoms with van der Waals surface area (Å²) < 4.78 is 17.9. The van der Waals surface area contributed by atoms with E-state index in [4.69, 9.17) is 4.52 Å². The highest BCUT2D eigenvalue weighted by Gasteiger charge is 2.48. The SMILES string of the molecule is Cc1ccc(-c2nc(C3(CF)CC3)no2)nn1. The van der Waals surface area contributed by atoms with Crippen LogP contribution in [0.3, 0.4) is 0 Å². The Hall–Kier alpha value is -1.85. The molecule has 0 aliphatic heterocycles. The minimum atomic E-state index is -0.500. The third-order valence-electron chi connectivity index (χ3n) is 3.03. The molecule has 88 valence electrons. The van der Waals surface area contributed by atoms with E-state index >= 15 is 0 Å². The summed E-state index contributed by atoms with van der Waals surface area (Å²) in [4.78, 5) is 4.19. The van der Waals surface area contributed by atoms with Crippen molar-refractivity contribution < 1.29 is 8.91 Å². The number of rotatable bonds is 3. The van der Waals surface area contributed by atoms with Crippen LogP contribution in [0.4, 0.5) is 4.39 Å². The Balaban J connectivity index is 1.92. The zero-order valence-electron chi connectivity index (χ0n) is 9.35. The van der Waals surface area contributed by atoms with Gasteiger partial charge in [0.15, 0.2) is 11.5 Å². The predicted molar refractivity (Wildman–Crippen MR) is 56.9 cm³/mol. The van der Waals surface area contributed by atoms with Crippen molar-refractivity contribution >= 4 is 0 Å². The van der Waals surface area contributed by atoms with Gasteiger partial charge in [-0.2, -0.15) is 10.1 Å². The summed E-state index contributed by atoms with van der Waals surface area (Å²) in [5.74, 6) is 0.740. The molecule has 1 fully saturated rings. The Morgan fingerprint density at radius 3 is 2.76 bits per heavy atom. The third-order valence-corrected chi connectivity index (χ3v) is 3.03. The Morgan fingerprint density at radius 2 is 2.18 bits per heavy atom. The Morgan fingerprint density at radius 1 is 1.35 bits per heavy atom. The zero-order valence-corrected chi connectivity index (χ0v) is 9.35. The second kappa shape index (κ2) is 3.58. The van der Waals surface area contributed by atoms with Gasteiger partial charge in [0.05, 0.1) is 11.1 Å². The second-order valence-corrected chi connectivity index (χ2v) is 4.40. The minimum Gasteiger partial charge on any atom is -0.332 e. The maximum absolute atomic E-state index is 12.8. The number of nitrogens with zero attached hydrogens (tertiary/aromatic N) is 4. The molecule has 1 saturated carbocycles. The van der Waals surface area contributed by atoms with Crippen molar-refractivity contribution in [2.45, 2.75) is 25.2 Å². The van der Waals surface area contributed by atoms with Crippen molar-refractivity contribution in [2.24, 2.45) is 0 Å². The number of halogens is 1. The Bertz CT molecular complexity index is 533. The molecule has 0 spiro atoms. The van der Waals surface area contributed by atoms with Crippen molar-refractivity contribution in [1.82, 2.24) is 20.3 Å². The third kappa shape index (κ3) is 1.69. The van der Waals surface area contributed by atoms with E-state index in [1.54, 1.807) is 6.07 Å². The quantitative estimate of drug-likeness (QED) is 0.810. The lowest BCUT2D eigenvalue weighted by Crippen LogP contribution is -2.10. The number of aryl methyl sites for hydroxylation is 1. The lowest BCUT2D eigenvalue weighted by atomic mass is 10.1. The van der Waals surface area contributed by atoms with Gasteiger partial charge in [0, 0.05) is 0 Å². The number of alkyl halides is 1. The zero-order chi connectivity index (χ0) is 11.9. The number of aromatic nitrogens is 4. The highest BCUT2D eigenvalue weighted by molar-refractivity contribution is 5.45. The number of hydrogen-bond acceptors (Lipinski definition) is 5. The topological polar surface area (TPSA) is 64.7 Å². The molecule has 2 aromatic rings. The first-order valence-corrected chi connectivity index (χ1v) is 5.44. The summed E-state index contributed by atoms with van der Waals surface area (Å²) >= 11 is 0. The van der Waals surface area contributed by atoms with Crippen molar-refractivity contribution in [3.63, 3.8) is 0 Å². The lowest BCUT2D eigenvalue weighted by Gasteiger charge is -2.01. The molecule has 1 aliphatic carbocycles. The fourth-order valence-electron chi connectivity index (χ4n) is 1.62. The average Bonchev–Trinajstić information content (AvgIpc) is 3.00. The van der Waals surface area contributed by atoms with Gasteiger partial charge < -0.3 is 4.52 Å². The van der Waals surface area contributed by atoms with Gasteiger partial charge in [-0.3, -0.25) is 0 Å². The average molecular weight is 234 g/mol. The molecule has 0 aromatic carbocycles. The van der Waals surface area contributed by atoms with Crippen LogP contribution < -0.4 is 0 Å². The molecule has 2 heterocycles. The summed E-state index contributed by atoms with van der Waals surface area (Å²) in [6, 6.07) is 3.57. The van der Waals surface area contributed by atoms with Gasteiger partial charge in [0.2, 0.25) is 0 Å². The van der Waals surface area contributed by atoms with Crippen molar-refractivity contribution in [2.75, 3.05) is 6.67 Å². The van der Waals surface area contributed by atoms with Crippen molar-refractivity contribution in [3.8, 4) is 11.6 Å². The highest BCUT2D eigenvalue weighted by atomic mass is 19.1. The van der Waals surface area contributed by atoms with Crippen LogP contribution in [0.2, 0.25) is 0 Å². The van der Waals surface area contributed by atoms with Gasteiger partial charge in [-0.25, -0.2) is 4.39 Å². The first-order chi connectivity index (χ1) is 8.23. The molecule has 0 N–H and O–H groups in total. The van der Waals surface area contributed by atoms with E-state index < -0.39 is 12.1 Å². The Kier molecular flexibility index (Phi) is 2.17. The number of hydrogen-bond donors (Lipinski definition) is 0. The molecule has 3 rings (SSSR count). The van der Waals surface area contributed by atoms with Crippen molar-refractivity contribution in [3.05, 3.63) is 23.7 Å². The van der Waals surface area contributed by atoms with Crippen molar-refractivity contribution in [1.29, 1.82) is 0 Å². The molecule has 0 bridgehead atoms. The van der Waals surface area contributed by atoms with Crippen LogP contribution in [0.25, 0.3) is 11.6 Å². The molecular weight excluding hydrogens is 223 g/mol. The van der Waals surface area contributed by atoms with E-state index in [2.05, 4.69) is 20.3 Å². The fourth-order valence-corrected chi connectivity index (χ4v) is 1.62. The van der Waals surface area contributed by atoms with Gasteiger partial charge in [0.25, 0.3) is 5.89 Å². The van der Waals surface area contributed by atoms with E-state index in [9.17, 15) is 4.39 Å². The first-order valence-electron chi connectivity index (χ1n) is 5.44. The monoisotopic (exact) mass is 234 g/mol.